The zero-order valence-electron chi connectivity index (χ0n) is 19.2. The highest BCUT2D eigenvalue weighted by Crippen LogP contribution is 2.32. The summed E-state index contributed by atoms with van der Waals surface area (Å²) in [5, 5.41) is 3.22. The monoisotopic (exact) mass is 421 g/mol. The van der Waals surface area contributed by atoms with E-state index in [2.05, 4.69) is 5.32 Å². The molecule has 0 atom stereocenters. The van der Waals surface area contributed by atoms with Crippen molar-refractivity contribution in [3.8, 4) is 0 Å². The van der Waals surface area contributed by atoms with Crippen LogP contribution in [-0.4, -0.2) is 50.1 Å². The van der Waals surface area contributed by atoms with Crippen molar-refractivity contribution in [2.75, 3.05) is 37.5 Å². The number of hydrogen-bond donors (Lipinski definition) is 1. The normalized spacial score (nSPS) is 14.1. The lowest BCUT2D eigenvalue weighted by Crippen LogP contribution is -2.35. The summed E-state index contributed by atoms with van der Waals surface area (Å²) in [6, 6.07) is 13.6. The van der Waals surface area contributed by atoms with Gasteiger partial charge >= 0.3 is 0 Å². The van der Waals surface area contributed by atoms with Gasteiger partial charge in [0.25, 0.3) is 11.8 Å². The second-order valence-corrected chi connectivity index (χ2v) is 8.32. The highest BCUT2D eigenvalue weighted by atomic mass is 16.5. The minimum absolute atomic E-state index is 0.0346. The van der Waals surface area contributed by atoms with Gasteiger partial charge < -0.3 is 15.0 Å². The van der Waals surface area contributed by atoms with Crippen LogP contribution in [0.1, 0.15) is 30.5 Å². The van der Waals surface area contributed by atoms with Crippen LogP contribution in [-0.2, 0) is 14.3 Å². The third-order valence-electron chi connectivity index (χ3n) is 5.24. The summed E-state index contributed by atoms with van der Waals surface area (Å²) in [6.07, 6.45) is 0.0346. The van der Waals surface area contributed by atoms with Gasteiger partial charge in [-0.15, -0.1) is 0 Å². The third-order valence-corrected chi connectivity index (χ3v) is 5.24. The number of anilines is 2. The van der Waals surface area contributed by atoms with Gasteiger partial charge in [0.2, 0.25) is 0 Å². The van der Waals surface area contributed by atoms with Gasteiger partial charge in [0, 0.05) is 25.5 Å². The lowest BCUT2D eigenvalue weighted by atomic mass is 9.97. The molecule has 1 aliphatic heterocycles. The van der Waals surface area contributed by atoms with Gasteiger partial charge in [-0.05, 0) is 63.1 Å². The minimum atomic E-state index is -0.330. The quantitative estimate of drug-likeness (QED) is 0.653. The van der Waals surface area contributed by atoms with Gasteiger partial charge in [-0.3, -0.25) is 14.5 Å². The fourth-order valence-corrected chi connectivity index (χ4v) is 3.61. The Balaban J connectivity index is 1.98. The second-order valence-electron chi connectivity index (χ2n) is 8.32. The number of nitrogens with zero attached hydrogens (tertiary/aromatic N) is 2. The van der Waals surface area contributed by atoms with E-state index >= 15 is 0 Å². The van der Waals surface area contributed by atoms with E-state index < -0.39 is 0 Å². The lowest BCUT2D eigenvalue weighted by molar-refractivity contribution is -0.137. The summed E-state index contributed by atoms with van der Waals surface area (Å²) >= 11 is 0. The molecule has 0 unspecified atom stereocenters. The number of amides is 2. The third kappa shape index (κ3) is 4.97. The molecule has 1 N–H and O–H groups in total. The minimum Gasteiger partial charge on any atom is -0.378 e. The summed E-state index contributed by atoms with van der Waals surface area (Å²) < 4.78 is 5.58. The highest BCUT2D eigenvalue weighted by molar-refractivity contribution is 6.36. The Morgan fingerprint density at radius 2 is 1.68 bits per heavy atom. The topological polar surface area (TPSA) is 61.9 Å². The van der Waals surface area contributed by atoms with E-state index in [1.54, 1.807) is 0 Å². The molecule has 164 valence electrons. The Bertz CT molecular complexity index is 1010. The zero-order valence-corrected chi connectivity index (χ0v) is 19.2. The molecular weight excluding hydrogens is 390 g/mol. The van der Waals surface area contributed by atoms with E-state index in [0.717, 1.165) is 28.1 Å². The van der Waals surface area contributed by atoms with Gasteiger partial charge in [0.15, 0.2) is 0 Å². The largest absolute Gasteiger partial charge is 0.378 e. The Hall–Kier alpha value is -3.12. The molecule has 0 aromatic heterocycles. The molecule has 0 saturated heterocycles. The Kier molecular flexibility index (Phi) is 6.81. The first-order valence-corrected chi connectivity index (χ1v) is 10.5. The summed E-state index contributed by atoms with van der Waals surface area (Å²) in [5.41, 5.74) is 5.35. The van der Waals surface area contributed by atoms with Crippen LogP contribution >= 0.6 is 0 Å². The SMILES string of the molecule is Cc1ccc(C2=C(Nc3ccc(N(C)C)cc3)C(=O)N(CCOC(C)C)C2=O)c(C)c1. The van der Waals surface area contributed by atoms with Crippen molar-refractivity contribution >= 4 is 28.8 Å². The van der Waals surface area contributed by atoms with Crippen molar-refractivity contribution in [1.29, 1.82) is 0 Å². The van der Waals surface area contributed by atoms with Crippen molar-refractivity contribution in [3.63, 3.8) is 0 Å². The van der Waals surface area contributed by atoms with E-state index in [-0.39, 0.29) is 24.5 Å². The van der Waals surface area contributed by atoms with Crippen LogP contribution in [0.5, 0.6) is 0 Å². The van der Waals surface area contributed by atoms with E-state index in [9.17, 15) is 9.59 Å². The van der Waals surface area contributed by atoms with Gasteiger partial charge in [0.1, 0.15) is 5.70 Å². The molecule has 2 aromatic rings. The first kappa shape index (κ1) is 22.6. The number of benzene rings is 2. The number of ether oxygens (including phenoxy) is 1. The molecule has 0 spiro atoms. The number of hydrogen-bond acceptors (Lipinski definition) is 5. The molecule has 2 aromatic carbocycles. The summed E-state index contributed by atoms with van der Waals surface area (Å²) in [6.45, 7) is 8.35. The molecule has 31 heavy (non-hydrogen) atoms. The van der Waals surface area contributed by atoms with Crippen molar-refractivity contribution in [2.45, 2.75) is 33.8 Å². The Morgan fingerprint density at radius 3 is 2.26 bits per heavy atom. The standard InChI is InChI=1S/C25H31N3O3/c1-16(2)31-14-13-28-24(29)22(21-12-7-17(3)15-18(21)4)23(25(28)30)26-19-8-10-20(11-9-19)27(5)6/h7-12,15-16,26H,13-14H2,1-6H3. The molecule has 6 heteroatoms. The molecule has 2 amide bonds. The van der Waals surface area contributed by atoms with Crippen LogP contribution in [0.25, 0.3) is 5.57 Å². The highest BCUT2D eigenvalue weighted by Gasteiger charge is 2.39. The van der Waals surface area contributed by atoms with Crippen LogP contribution in [0, 0.1) is 13.8 Å². The summed E-state index contributed by atoms with van der Waals surface area (Å²) in [4.78, 5) is 29.8. The molecular formula is C25H31N3O3. The fourth-order valence-electron chi connectivity index (χ4n) is 3.61. The Morgan fingerprint density at radius 1 is 1.00 bits per heavy atom. The second kappa shape index (κ2) is 9.35. The molecule has 0 aliphatic carbocycles. The number of rotatable bonds is 8. The number of carbonyl (C=O) groups excluding carboxylic acids is 2. The average Bonchev–Trinajstić information content (AvgIpc) is 2.93. The lowest BCUT2D eigenvalue weighted by Gasteiger charge is -2.17. The smallest absolute Gasteiger partial charge is 0.278 e. The van der Waals surface area contributed by atoms with Gasteiger partial charge in [0.05, 0.1) is 24.8 Å². The first-order valence-electron chi connectivity index (χ1n) is 10.5. The number of imide groups is 1. The molecule has 1 aliphatic rings. The van der Waals surface area contributed by atoms with Gasteiger partial charge in [-0.1, -0.05) is 23.8 Å². The molecule has 0 saturated carbocycles. The van der Waals surface area contributed by atoms with Crippen LogP contribution in [0.3, 0.4) is 0 Å². The van der Waals surface area contributed by atoms with E-state index in [1.165, 1.54) is 4.90 Å². The van der Waals surface area contributed by atoms with E-state index in [4.69, 9.17) is 4.74 Å². The van der Waals surface area contributed by atoms with Crippen LogP contribution in [0.15, 0.2) is 48.2 Å². The number of aryl methyl sites for hydroxylation is 2. The van der Waals surface area contributed by atoms with Crippen LogP contribution in [0.2, 0.25) is 0 Å². The number of nitrogens with one attached hydrogen (secondary N) is 1. The van der Waals surface area contributed by atoms with Gasteiger partial charge in [-0.25, -0.2) is 0 Å². The van der Waals surface area contributed by atoms with Gasteiger partial charge in [-0.2, -0.15) is 0 Å². The molecule has 0 fully saturated rings. The maximum Gasteiger partial charge on any atom is 0.278 e. The first-order chi connectivity index (χ1) is 14.7. The van der Waals surface area contributed by atoms with E-state index in [0.29, 0.717) is 17.9 Å². The summed E-state index contributed by atoms with van der Waals surface area (Å²) in [7, 11) is 3.94. The maximum atomic E-state index is 13.3. The molecule has 0 bridgehead atoms. The van der Waals surface area contributed by atoms with Crippen molar-refractivity contribution < 1.29 is 14.3 Å². The van der Waals surface area contributed by atoms with Crippen LogP contribution < -0.4 is 10.2 Å². The zero-order chi connectivity index (χ0) is 22.7. The average molecular weight is 422 g/mol. The van der Waals surface area contributed by atoms with Crippen molar-refractivity contribution in [1.82, 2.24) is 4.90 Å². The maximum absolute atomic E-state index is 13.3. The molecule has 1 heterocycles. The molecule has 0 radical (unpaired) electrons. The van der Waals surface area contributed by atoms with Crippen molar-refractivity contribution in [3.05, 3.63) is 64.9 Å². The van der Waals surface area contributed by atoms with Crippen LogP contribution in [0.4, 0.5) is 11.4 Å². The fraction of sp³-hybridized carbons (Fsp3) is 0.360. The van der Waals surface area contributed by atoms with Crippen molar-refractivity contribution in [2.24, 2.45) is 0 Å². The number of carbonyl (C=O) groups is 2. The predicted molar refractivity (Wildman–Crippen MR) is 125 cm³/mol. The van der Waals surface area contributed by atoms with E-state index in [1.807, 2.05) is 89.2 Å². The molecule has 3 rings (SSSR count). The molecule has 6 nitrogen and oxygen atoms in total. The predicted octanol–water partition coefficient (Wildman–Crippen LogP) is 3.99. The summed E-state index contributed by atoms with van der Waals surface area (Å²) in [5.74, 6) is -0.624. The Labute approximate surface area is 184 Å².